The summed E-state index contributed by atoms with van der Waals surface area (Å²) >= 11 is 0. The first-order valence-corrected chi connectivity index (χ1v) is 3.52. The van der Waals surface area contributed by atoms with E-state index >= 15 is 0 Å². The van der Waals surface area contributed by atoms with Crippen LogP contribution in [-0.2, 0) is 0 Å². The summed E-state index contributed by atoms with van der Waals surface area (Å²) in [6.45, 7) is 2.59. The van der Waals surface area contributed by atoms with Gasteiger partial charge >= 0.3 is 0 Å². The van der Waals surface area contributed by atoms with Crippen LogP contribution in [0.15, 0.2) is 24.3 Å². The molecule has 1 aromatic carbocycles. The average molecular weight is 145 g/mol. The first-order valence-electron chi connectivity index (χ1n) is 3.52. The van der Waals surface area contributed by atoms with E-state index in [0.717, 1.165) is 11.3 Å². The quantitative estimate of drug-likeness (QED) is 0.578. The lowest BCUT2D eigenvalue weighted by molar-refractivity contribution is 0.340. The molecule has 0 saturated heterocycles. The molecule has 0 unspecified atom stereocenters. The fourth-order valence-corrected chi connectivity index (χ4v) is 0.830. The second-order valence-electron chi connectivity index (χ2n) is 2.09. The van der Waals surface area contributed by atoms with Crippen molar-refractivity contribution >= 4 is 0 Å². The van der Waals surface area contributed by atoms with Gasteiger partial charge < -0.3 is 4.74 Å². The largest absolute Gasteiger partial charge is 0.494 e. The van der Waals surface area contributed by atoms with Crippen molar-refractivity contribution in [1.82, 2.24) is 0 Å². The predicted octanol–water partition coefficient (Wildman–Crippen LogP) is 2.02. The van der Waals surface area contributed by atoms with Gasteiger partial charge in [0.05, 0.1) is 6.61 Å². The molecule has 0 aliphatic rings. The molecule has 0 fully saturated rings. The van der Waals surface area contributed by atoms with Crippen LogP contribution in [-0.4, -0.2) is 6.61 Å². The molecule has 1 radical (unpaired) electrons. The van der Waals surface area contributed by atoms with Crippen LogP contribution in [0.4, 0.5) is 0 Å². The molecule has 0 atom stereocenters. The molecule has 0 aliphatic carbocycles. The number of hydrogen-bond acceptors (Lipinski definition) is 1. The van der Waals surface area contributed by atoms with Crippen molar-refractivity contribution in [2.75, 3.05) is 6.61 Å². The lowest BCUT2D eigenvalue weighted by Gasteiger charge is -2.01. The average Bonchev–Trinajstić information content (AvgIpc) is 2.06. The van der Waals surface area contributed by atoms with Gasteiger partial charge in [0.1, 0.15) is 5.75 Å². The number of hydrogen-bond donors (Lipinski definition) is 0. The van der Waals surface area contributed by atoms with Crippen LogP contribution in [0.5, 0.6) is 5.75 Å². The Kier molecular flexibility index (Phi) is 2.57. The van der Waals surface area contributed by atoms with Crippen LogP contribution in [0.1, 0.15) is 12.5 Å². The van der Waals surface area contributed by atoms with Gasteiger partial charge in [-0.1, -0.05) is 12.0 Å². The Morgan fingerprint density at radius 1 is 1.55 bits per heavy atom. The third-order valence-electron chi connectivity index (χ3n) is 1.29. The minimum Gasteiger partial charge on any atom is -0.494 e. The number of rotatable bonds is 2. The lowest BCUT2D eigenvalue weighted by Crippen LogP contribution is -1.90. The minimum absolute atomic E-state index is 0.654. The second kappa shape index (κ2) is 3.68. The van der Waals surface area contributed by atoms with E-state index in [9.17, 15) is 0 Å². The second-order valence-corrected chi connectivity index (χ2v) is 2.09. The maximum absolute atomic E-state index is 6.87. The standard InChI is InChI=1S/C10H9O/c1-3-9-6-5-7-10(8-9)11-4-2/h5-8H,4H2,2H3. The van der Waals surface area contributed by atoms with E-state index in [-0.39, 0.29) is 0 Å². The van der Waals surface area contributed by atoms with Crippen LogP contribution in [0.25, 0.3) is 0 Å². The SMILES string of the molecule is [C]#Cc1cccc(OCC)c1. The first kappa shape index (κ1) is 7.68. The Morgan fingerprint density at radius 3 is 3.00 bits per heavy atom. The fraction of sp³-hybridized carbons (Fsp3) is 0.200. The molecule has 0 spiro atoms. The van der Waals surface area contributed by atoms with E-state index in [0.29, 0.717) is 6.61 Å². The summed E-state index contributed by atoms with van der Waals surface area (Å²) < 4.78 is 5.22. The fourth-order valence-electron chi connectivity index (χ4n) is 0.830. The highest BCUT2D eigenvalue weighted by Crippen LogP contribution is 2.11. The molecular weight excluding hydrogens is 136 g/mol. The summed E-state index contributed by atoms with van der Waals surface area (Å²) in [5.74, 6) is 3.09. The van der Waals surface area contributed by atoms with Gasteiger partial charge in [-0.3, -0.25) is 0 Å². The van der Waals surface area contributed by atoms with Gasteiger partial charge in [0.25, 0.3) is 0 Å². The van der Waals surface area contributed by atoms with Crippen molar-refractivity contribution in [3.05, 3.63) is 36.3 Å². The Bertz CT molecular complexity index is 270. The monoisotopic (exact) mass is 145 g/mol. The van der Waals surface area contributed by atoms with Gasteiger partial charge in [-0.2, -0.15) is 0 Å². The smallest absolute Gasteiger partial charge is 0.120 e. The highest BCUT2D eigenvalue weighted by atomic mass is 16.5. The van der Waals surface area contributed by atoms with E-state index in [2.05, 4.69) is 5.92 Å². The maximum atomic E-state index is 6.87. The molecule has 1 heteroatoms. The van der Waals surface area contributed by atoms with Crippen molar-refractivity contribution in [3.63, 3.8) is 0 Å². The van der Waals surface area contributed by atoms with Crippen molar-refractivity contribution < 1.29 is 4.74 Å². The van der Waals surface area contributed by atoms with Gasteiger partial charge in [0.15, 0.2) is 0 Å². The third kappa shape index (κ3) is 2.01. The van der Waals surface area contributed by atoms with Crippen LogP contribution >= 0.6 is 0 Å². The van der Waals surface area contributed by atoms with E-state index in [1.54, 1.807) is 6.07 Å². The van der Waals surface area contributed by atoms with Gasteiger partial charge in [0.2, 0.25) is 0 Å². The van der Waals surface area contributed by atoms with Crippen molar-refractivity contribution in [3.8, 4) is 11.7 Å². The zero-order valence-electron chi connectivity index (χ0n) is 6.42. The van der Waals surface area contributed by atoms with Crippen LogP contribution < -0.4 is 4.74 Å². The summed E-state index contributed by atoms with van der Waals surface area (Å²) in [4.78, 5) is 0. The highest BCUT2D eigenvalue weighted by Gasteiger charge is 1.91. The van der Waals surface area contributed by atoms with E-state index in [1.807, 2.05) is 25.1 Å². The number of benzene rings is 1. The highest BCUT2D eigenvalue weighted by molar-refractivity contribution is 5.36. The van der Waals surface area contributed by atoms with Gasteiger partial charge in [-0.25, -0.2) is 0 Å². The van der Waals surface area contributed by atoms with Crippen molar-refractivity contribution in [1.29, 1.82) is 0 Å². The summed E-state index contributed by atoms with van der Waals surface area (Å²) in [5, 5.41) is 0. The van der Waals surface area contributed by atoms with E-state index in [4.69, 9.17) is 11.2 Å². The molecule has 0 N–H and O–H groups in total. The van der Waals surface area contributed by atoms with E-state index < -0.39 is 0 Å². The van der Waals surface area contributed by atoms with Crippen molar-refractivity contribution in [2.45, 2.75) is 6.92 Å². The molecule has 0 amide bonds. The molecule has 1 nitrogen and oxygen atoms in total. The Hall–Kier alpha value is -1.42. The van der Waals surface area contributed by atoms with Gasteiger partial charge in [0, 0.05) is 5.56 Å². The lowest BCUT2D eigenvalue weighted by atomic mass is 10.2. The maximum Gasteiger partial charge on any atom is 0.120 e. The summed E-state index contributed by atoms with van der Waals surface area (Å²) in [7, 11) is 0. The summed E-state index contributed by atoms with van der Waals surface area (Å²) in [5.41, 5.74) is 0.746. The van der Waals surface area contributed by atoms with Crippen LogP contribution in [0, 0.1) is 12.3 Å². The molecule has 1 aromatic rings. The summed E-state index contributed by atoms with van der Waals surface area (Å²) in [6, 6.07) is 7.32. The molecule has 1 rings (SSSR count). The molecule has 0 aromatic heterocycles. The van der Waals surface area contributed by atoms with Crippen molar-refractivity contribution in [2.24, 2.45) is 0 Å². The van der Waals surface area contributed by atoms with Crippen LogP contribution in [0.3, 0.4) is 0 Å². The first-order chi connectivity index (χ1) is 5.36. The molecule has 0 heterocycles. The third-order valence-corrected chi connectivity index (χ3v) is 1.29. The predicted molar refractivity (Wildman–Crippen MR) is 43.8 cm³/mol. The molecule has 0 bridgehead atoms. The molecule has 11 heavy (non-hydrogen) atoms. The molecule has 0 aliphatic heterocycles. The number of ether oxygens (including phenoxy) is 1. The Labute approximate surface area is 67.0 Å². The minimum atomic E-state index is 0.654. The van der Waals surface area contributed by atoms with Gasteiger partial charge in [-0.15, -0.1) is 0 Å². The molecular formula is C10H9O. The molecule has 55 valence electrons. The zero-order valence-corrected chi connectivity index (χ0v) is 6.42. The summed E-state index contributed by atoms with van der Waals surface area (Å²) in [6.07, 6.45) is 6.87. The van der Waals surface area contributed by atoms with Gasteiger partial charge in [-0.05, 0) is 31.5 Å². The van der Waals surface area contributed by atoms with E-state index in [1.165, 1.54) is 0 Å². The zero-order chi connectivity index (χ0) is 8.10. The normalized spacial score (nSPS) is 8.73. The molecule has 0 saturated carbocycles. The topological polar surface area (TPSA) is 9.23 Å². The Morgan fingerprint density at radius 2 is 2.36 bits per heavy atom. The Balaban J connectivity index is 2.85. The van der Waals surface area contributed by atoms with Crippen LogP contribution in [0.2, 0.25) is 0 Å².